The smallest absolute Gasteiger partial charge is 0.263 e. The molecular formula is C26H27FN6O. The van der Waals surface area contributed by atoms with Crippen LogP contribution >= 0.6 is 0 Å². The number of fused-ring (bicyclic) bond motifs is 2. The van der Waals surface area contributed by atoms with Crippen molar-refractivity contribution in [3.8, 4) is 0 Å². The van der Waals surface area contributed by atoms with E-state index < -0.39 is 0 Å². The number of benzene rings is 1. The van der Waals surface area contributed by atoms with Crippen molar-refractivity contribution < 1.29 is 9.18 Å². The summed E-state index contributed by atoms with van der Waals surface area (Å²) in [5, 5.41) is 0. The summed E-state index contributed by atoms with van der Waals surface area (Å²) in [5.74, 6) is 1.26. The Morgan fingerprint density at radius 3 is 2.41 bits per heavy atom. The Bertz CT molecular complexity index is 1220. The van der Waals surface area contributed by atoms with Crippen LogP contribution in [0.5, 0.6) is 0 Å². The average Bonchev–Trinajstić information content (AvgIpc) is 3.70. The van der Waals surface area contributed by atoms with Crippen molar-refractivity contribution in [1.29, 1.82) is 0 Å². The van der Waals surface area contributed by atoms with Gasteiger partial charge in [-0.1, -0.05) is 0 Å². The summed E-state index contributed by atoms with van der Waals surface area (Å²) in [6, 6.07) is 12.7. The number of piperazine rings is 1. The van der Waals surface area contributed by atoms with Crippen LogP contribution in [0.4, 0.5) is 27.4 Å². The Kier molecular flexibility index (Phi) is 5.17. The van der Waals surface area contributed by atoms with Crippen LogP contribution in [0.25, 0.3) is 0 Å². The minimum absolute atomic E-state index is 0.0374. The van der Waals surface area contributed by atoms with Gasteiger partial charge in [0, 0.05) is 50.3 Å². The van der Waals surface area contributed by atoms with Gasteiger partial charge in [0.2, 0.25) is 0 Å². The summed E-state index contributed by atoms with van der Waals surface area (Å²) in [6.07, 6.45) is 5.72. The highest BCUT2D eigenvalue weighted by molar-refractivity contribution is 6.13. The molecule has 2 aliphatic heterocycles. The maximum absolute atomic E-state index is 13.9. The first-order chi connectivity index (χ1) is 16.6. The number of aryl methyl sites for hydroxylation is 1. The van der Waals surface area contributed by atoms with Gasteiger partial charge in [-0.15, -0.1) is 0 Å². The predicted octanol–water partition coefficient (Wildman–Crippen LogP) is 3.96. The van der Waals surface area contributed by atoms with E-state index in [9.17, 15) is 9.18 Å². The average molecular weight is 459 g/mol. The maximum atomic E-state index is 13.9. The molecule has 2 aromatic heterocycles. The van der Waals surface area contributed by atoms with Gasteiger partial charge in [0.1, 0.15) is 11.6 Å². The number of hydrogen-bond acceptors (Lipinski definition) is 6. The molecule has 2 fully saturated rings. The summed E-state index contributed by atoms with van der Waals surface area (Å²) >= 11 is 0. The van der Waals surface area contributed by atoms with Crippen LogP contribution in [-0.2, 0) is 0 Å². The zero-order valence-electron chi connectivity index (χ0n) is 19.2. The molecule has 3 aliphatic rings. The van der Waals surface area contributed by atoms with Gasteiger partial charge in [-0.25, -0.2) is 14.4 Å². The van der Waals surface area contributed by atoms with Crippen LogP contribution < -0.4 is 14.7 Å². The van der Waals surface area contributed by atoms with Crippen molar-refractivity contribution in [2.24, 2.45) is 0 Å². The third kappa shape index (κ3) is 3.68. The van der Waals surface area contributed by atoms with Crippen LogP contribution in [0.1, 0.15) is 28.8 Å². The Labute approximate surface area is 198 Å². The Balaban J connectivity index is 1.30. The molecule has 1 aliphatic carbocycles. The topological polar surface area (TPSA) is 55.8 Å². The molecule has 1 saturated carbocycles. The first-order valence-corrected chi connectivity index (χ1v) is 11.8. The van der Waals surface area contributed by atoms with Crippen LogP contribution in [0.15, 0.2) is 54.9 Å². The van der Waals surface area contributed by atoms with Crippen LogP contribution in [0, 0.1) is 12.7 Å². The molecule has 8 heteroatoms. The lowest BCUT2D eigenvalue weighted by atomic mass is 10.2. The number of anilines is 4. The van der Waals surface area contributed by atoms with E-state index in [-0.39, 0.29) is 11.7 Å². The molecule has 34 heavy (non-hydrogen) atoms. The van der Waals surface area contributed by atoms with Gasteiger partial charge in [-0.05, 0) is 67.8 Å². The molecule has 0 bridgehead atoms. The molecule has 1 amide bonds. The minimum Gasteiger partial charge on any atom is -0.369 e. The minimum atomic E-state index is -0.222. The predicted molar refractivity (Wildman–Crippen MR) is 130 cm³/mol. The molecule has 0 atom stereocenters. The van der Waals surface area contributed by atoms with Crippen LogP contribution in [0.3, 0.4) is 0 Å². The zero-order chi connectivity index (χ0) is 23.2. The molecule has 1 saturated heterocycles. The second-order valence-corrected chi connectivity index (χ2v) is 9.23. The third-order valence-electron chi connectivity index (χ3n) is 6.91. The number of carbonyl (C=O) groups is 1. The lowest BCUT2D eigenvalue weighted by Gasteiger charge is -2.38. The largest absolute Gasteiger partial charge is 0.369 e. The summed E-state index contributed by atoms with van der Waals surface area (Å²) in [5.41, 5.74) is 3.55. The van der Waals surface area contributed by atoms with E-state index in [1.54, 1.807) is 6.20 Å². The number of amides is 1. The molecular weight excluding hydrogens is 431 g/mol. The summed E-state index contributed by atoms with van der Waals surface area (Å²) in [4.78, 5) is 31.9. The SMILES string of the molecule is Cc1ccnc2c1N(CN1CCN(c3ccc(F)cc3)CC1)C(=O)c1cccnc1N2C1CC1. The molecule has 174 valence electrons. The highest BCUT2D eigenvalue weighted by atomic mass is 19.1. The highest BCUT2D eigenvalue weighted by Gasteiger charge is 2.41. The molecule has 0 radical (unpaired) electrons. The zero-order valence-corrected chi connectivity index (χ0v) is 19.2. The van der Waals surface area contributed by atoms with Crippen molar-refractivity contribution in [2.75, 3.05) is 47.5 Å². The van der Waals surface area contributed by atoms with Gasteiger partial charge in [-0.3, -0.25) is 14.6 Å². The maximum Gasteiger partial charge on any atom is 0.263 e. The van der Waals surface area contributed by atoms with E-state index in [2.05, 4.69) is 19.7 Å². The van der Waals surface area contributed by atoms with Crippen molar-refractivity contribution in [2.45, 2.75) is 25.8 Å². The number of nitrogens with zero attached hydrogens (tertiary/aromatic N) is 6. The summed E-state index contributed by atoms with van der Waals surface area (Å²) < 4.78 is 13.3. The van der Waals surface area contributed by atoms with Gasteiger partial charge in [0.25, 0.3) is 5.91 Å². The molecule has 7 nitrogen and oxygen atoms in total. The highest BCUT2D eigenvalue weighted by Crippen LogP contribution is 2.45. The first kappa shape index (κ1) is 21.0. The monoisotopic (exact) mass is 458 g/mol. The van der Waals surface area contributed by atoms with Crippen molar-refractivity contribution in [3.63, 3.8) is 0 Å². The van der Waals surface area contributed by atoms with Crippen molar-refractivity contribution in [1.82, 2.24) is 14.9 Å². The molecule has 0 spiro atoms. The number of hydrogen-bond donors (Lipinski definition) is 0. The van der Waals surface area contributed by atoms with Gasteiger partial charge in [0.05, 0.1) is 17.9 Å². The Morgan fingerprint density at radius 2 is 1.68 bits per heavy atom. The van der Waals surface area contributed by atoms with Crippen LogP contribution in [-0.4, -0.2) is 59.7 Å². The molecule has 3 aromatic rings. The fourth-order valence-electron chi connectivity index (χ4n) is 4.96. The van der Waals surface area contributed by atoms with Crippen molar-refractivity contribution in [3.05, 3.63) is 71.8 Å². The Hall–Kier alpha value is -3.52. The second kappa shape index (κ2) is 8.36. The quantitative estimate of drug-likeness (QED) is 0.590. The number of halogens is 1. The number of pyridine rings is 2. The molecule has 1 aromatic carbocycles. The fraction of sp³-hybridized carbons (Fsp3) is 0.346. The van der Waals surface area contributed by atoms with Crippen LogP contribution in [0.2, 0.25) is 0 Å². The van der Waals surface area contributed by atoms with Gasteiger partial charge in [0.15, 0.2) is 5.82 Å². The molecule has 0 unspecified atom stereocenters. The van der Waals surface area contributed by atoms with E-state index in [1.165, 1.54) is 12.1 Å². The number of rotatable bonds is 4. The first-order valence-electron chi connectivity index (χ1n) is 11.8. The van der Waals surface area contributed by atoms with E-state index in [4.69, 9.17) is 4.98 Å². The van der Waals surface area contributed by atoms with E-state index in [1.807, 2.05) is 48.4 Å². The van der Waals surface area contributed by atoms with Gasteiger partial charge in [-0.2, -0.15) is 0 Å². The summed E-state index contributed by atoms with van der Waals surface area (Å²) in [7, 11) is 0. The fourth-order valence-corrected chi connectivity index (χ4v) is 4.96. The molecule has 6 rings (SSSR count). The van der Waals surface area contributed by atoms with E-state index >= 15 is 0 Å². The number of aromatic nitrogens is 2. The lowest BCUT2D eigenvalue weighted by molar-refractivity contribution is 0.0966. The molecule has 0 N–H and O–H groups in total. The normalized spacial score (nSPS) is 18.5. The standard InChI is InChI=1S/C26H27FN6O/c1-18-10-12-29-25-23(18)32(26(34)22-3-2-11-28-24(22)33(25)21-8-9-21)17-30-13-15-31(16-14-30)20-6-4-19(27)5-7-20/h2-7,10-12,21H,8-9,13-17H2,1H3. The second-order valence-electron chi connectivity index (χ2n) is 9.23. The third-order valence-corrected chi connectivity index (χ3v) is 6.91. The summed E-state index contributed by atoms with van der Waals surface area (Å²) in [6.45, 7) is 5.78. The van der Waals surface area contributed by atoms with Gasteiger partial charge >= 0.3 is 0 Å². The van der Waals surface area contributed by atoms with E-state index in [0.29, 0.717) is 24.1 Å². The molecule has 4 heterocycles. The van der Waals surface area contributed by atoms with Gasteiger partial charge < -0.3 is 9.80 Å². The van der Waals surface area contributed by atoms with Crippen molar-refractivity contribution >= 4 is 28.9 Å². The Morgan fingerprint density at radius 1 is 0.941 bits per heavy atom. The lowest BCUT2D eigenvalue weighted by Crippen LogP contribution is -2.51. The number of carbonyl (C=O) groups excluding carboxylic acids is 1. The van der Waals surface area contributed by atoms with E-state index in [0.717, 1.165) is 61.8 Å².